The van der Waals surface area contributed by atoms with Crippen molar-refractivity contribution in [3.8, 4) is 5.75 Å². The van der Waals surface area contributed by atoms with Crippen LogP contribution in [-0.4, -0.2) is 19.2 Å². The minimum atomic E-state index is 0.301. The van der Waals surface area contributed by atoms with Crippen LogP contribution in [0, 0.1) is 6.92 Å². The molecule has 0 bridgehead atoms. The Morgan fingerprint density at radius 1 is 1.39 bits per heavy atom. The molecule has 0 aliphatic heterocycles. The van der Waals surface area contributed by atoms with Gasteiger partial charge in [0.15, 0.2) is 0 Å². The largest absolute Gasteiger partial charge is 0.496 e. The van der Waals surface area contributed by atoms with E-state index in [1.807, 2.05) is 6.07 Å². The van der Waals surface area contributed by atoms with Crippen LogP contribution < -0.4 is 15.8 Å². The van der Waals surface area contributed by atoms with Crippen molar-refractivity contribution in [1.29, 1.82) is 0 Å². The van der Waals surface area contributed by atoms with E-state index in [1.54, 1.807) is 7.11 Å². The number of nitrogens with one attached hydrogen (secondary N) is 1. The minimum absolute atomic E-state index is 0.301. The molecule has 3 N–H and O–H groups in total. The molecule has 3 nitrogen and oxygen atoms in total. The summed E-state index contributed by atoms with van der Waals surface area (Å²) in [6, 6.07) is 7.54. The third kappa shape index (κ3) is 3.03. The molecule has 18 heavy (non-hydrogen) atoms. The van der Waals surface area contributed by atoms with Crippen molar-refractivity contribution in [2.24, 2.45) is 5.73 Å². The molecule has 1 saturated carbocycles. The molecule has 1 aromatic rings. The van der Waals surface area contributed by atoms with E-state index < -0.39 is 0 Å². The lowest BCUT2D eigenvalue weighted by molar-refractivity contribution is 0.392. The van der Waals surface area contributed by atoms with Crippen molar-refractivity contribution in [2.75, 3.05) is 7.11 Å². The summed E-state index contributed by atoms with van der Waals surface area (Å²) in [6.07, 6.45) is 3.40. The van der Waals surface area contributed by atoms with E-state index >= 15 is 0 Å². The Morgan fingerprint density at radius 2 is 2.17 bits per heavy atom. The highest BCUT2D eigenvalue weighted by atomic mass is 16.5. The number of benzene rings is 1. The van der Waals surface area contributed by atoms with Gasteiger partial charge >= 0.3 is 0 Å². The highest BCUT2D eigenvalue weighted by Gasteiger charge is 2.24. The van der Waals surface area contributed by atoms with Crippen LogP contribution in [0.3, 0.4) is 0 Å². The fraction of sp³-hybridized carbons (Fsp3) is 0.600. The molecular formula is C15H24N2O. The SMILES string of the molecule is COc1ccc(C)cc1C(C)NC1CCC(N)C1. The fourth-order valence-corrected chi connectivity index (χ4v) is 2.80. The molecule has 0 aromatic heterocycles. The minimum Gasteiger partial charge on any atom is -0.496 e. The van der Waals surface area contributed by atoms with E-state index in [0.717, 1.165) is 18.6 Å². The molecule has 1 aliphatic rings. The fourth-order valence-electron chi connectivity index (χ4n) is 2.80. The Morgan fingerprint density at radius 3 is 2.78 bits per heavy atom. The van der Waals surface area contributed by atoms with E-state index in [4.69, 9.17) is 10.5 Å². The van der Waals surface area contributed by atoms with Crippen molar-refractivity contribution in [1.82, 2.24) is 5.32 Å². The molecule has 0 saturated heterocycles. The van der Waals surface area contributed by atoms with Gasteiger partial charge in [-0.1, -0.05) is 17.7 Å². The van der Waals surface area contributed by atoms with Crippen LogP contribution in [0.1, 0.15) is 43.4 Å². The molecule has 1 aromatic carbocycles. The van der Waals surface area contributed by atoms with Gasteiger partial charge in [-0.15, -0.1) is 0 Å². The number of hydrogen-bond donors (Lipinski definition) is 2. The summed E-state index contributed by atoms with van der Waals surface area (Å²) < 4.78 is 5.44. The standard InChI is InChI=1S/C15H24N2O/c1-10-4-7-15(18-3)14(8-10)11(2)17-13-6-5-12(16)9-13/h4,7-8,11-13,17H,5-6,9,16H2,1-3H3. The van der Waals surface area contributed by atoms with Gasteiger partial charge < -0.3 is 15.8 Å². The van der Waals surface area contributed by atoms with Crippen LogP contribution in [0.15, 0.2) is 18.2 Å². The van der Waals surface area contributed by atoms with E-state index in [1.165, 1.54) is 17.5 Å². The highest BCUT2D eigenvalue weighted by molar-refractivity contribution is 5.38. The van der Waals surface area contributed by atoms with Gasteiger partial charge in [-0.05, 0) is 39.2 Å². The molecule has 3 atom stereocenters. The Bertz CT molecular complexity index is 405. The van der Waals surface area contributed by atoms with Crippen molar-refractivity contribution in [3.05, 3.63) is 29.3 Å². The molecule has 3 heteroatoms. The Hall–Kier alpha value is -1.06. The molecule has 0 amide bonds. The summed E-state index contributed by atoms with van der Waals surface area (Å²) in [4.78, 5) is 0. The topological polar surface area (TPSA) is 47.3 Å². The van der Waals surface area contributed by atoms with Crippen molar-refractivity contribution >= 4 is 0 Å². The third-order valence-electron chi connectivity index (χ3n) is 3.81. The lowest BCUT2D eigenvalue weighted by Gasteiger charge is -2.22. The van der Waals surface area contributed by atoms with E-state index in [0.29, 0.717) is 18.1 Å². The summed E-state index contributed by atoms with van der Waals surface area (Å²) in [5.74, 6) is 0.961. The monoisotopic (exact) mass is 248 g/mol. The number of aryl methyl sites for hydroxylation is 1. The maximum absolute atomic E-state index is 5.96. The zero-order valence-electron chi connectivity index (χ0n) is 11.6. The summed E-state index contributed by atoms with van der Waals surface area (Å²) in [5.41, 5.74) is 8.46. The van der Waals surface area contributed by atoms with Crippen LogP contribution in [0.5, 0.6) is 5.75 Å². The predicted octanol–water partition coefficient (Wildman–Crippen LogP) is 2.53. The van der Waals surface area contributed by atoms with E-state index in [2.05, 4.69) is 31.3 Å². The van der Waals surface area contributed by atoms with Crippen molar-refractivity contribution in [2.45, 2.75) is 51.2 Å². The number of ether oxygens (including phenoxy) is 1. The van der Waals surface area contributed by atoms with Gasteiger partial charge in [-0.2, -0.15) is 0 Å². The quantitative estimate of drug-likeness (QED) is 0.861. The average Bonchev–Trinajstić information content (AvgIpc) is 2.74. The van der Waals surface area contributed by atoms with Crippen LogP contribution in [-0.2, 0) is 0 Å². The summed E-state index contributed by atoms with van der Waals surface area (Å²) in [5, 5.41) is 3.67. The first-order valence-corrected chi connectivity index (χ1v) is 6.76. The predicted molar refractivity (Wildman–Crippen MR) is 74.9 cm³/mol. The molecule has 0 heterocycles. The molecule has 2 rings (SSSR count). The molecule has 0 radical (unpaired) electrons. The molecule has 1 fully saturated rings. The third-order valence-corrected chi connectivity index (χ3v) is 3.81. The van der Waals surface area contributed by atoms with E-state index in [-0.39, 0.29) is 0 Å². The summed E-state index contributed by atoms with van der Waals surface area (Å²) >= 11 is 0. The first-order valence-electron chi connectivity index (χ1n) is 6.76. The first kappa shape index (κ1) is 13.4. The zero-order valence-corrected chi connectivity index (χ0v) is 11.6. The van der Waals surface area contributed by atoms with Gasteiger partial charge in [0, 0.05) is 23.7 Å². The van der Waals surface area contributed by atoms with Gasteiger partial charge in [0.2, 0.25) is 0 Å². The second-order valence-corrected chi connectivity index (χ2v) is 5.40. The summed E-state index contributed by atoms with van der Waals surface area (Å²) in [6.45, 7) is 4.31. The van der Waals surface area contributed by atoms with Crippen LogP contribution >= 0.6 is 0 Å². The second-order valence-electron chi connectivity index (χ2n) is 5.40. The van der Waals surface area contributed by atoms with Gasteiger partial charge in [0.1, 0.15) is 5.75 Å². The van der Waals surface area contributed by atoms with E-state index in [9.17, 15) is 0 Å². The maximum atomic E-state index is 5.96. The lowest BCUT2D eigenvalue weighted by Crippen LogP contribution is -2.31. The number of methoxy groups -OCH3 is 1. The van der Waals surface area contributed by atoms with Gasteiger partial charge in [0.05, 0.1) is 7.11 Å². The molecule has 3 unspecified atom stereocenters. The van der Waals surface area contributed by atoms with Crippen LogP contribution in [0.4, 0.5) is 0 Å². The zero-order chi connectivity index (χ0) is 13.1. The van der Waals surface area contributed by atoms with Crippen LogP contribution in [0.25, 0.3) is 0 Å². The highest BCUT2D eigenvalue weighted by Crippen LogP contribution is 2.28. The van der Waals surface area contributed by atoms with Gasteiger partial charge in [0.25, 0.3) is 0 Å². The Labute approximate surface area is 110 Å². The second kappa shape index (κ2) is 5.72. The Balaban J connectivity index is 2.08. The molecule has 1 aliphatic carbocycles. The lowest BCUT2D eigenvalue weighted by atomic mass is 10.0. The average molecular weight is 248 g/mol. The van der Waals surface area contributed by atoms with Gasteiger partial charge in [-0.25, -0.2) is 0 Å². The normalized spacial score (nSPS) is 25.1. The molecule has 100 valence electrons. The smallest absolute Gasteiger partial charge is 0.123 e. The van der Waals surface area contributed by atoms with Crippen molar-refractivity contribution in [3.63, 3.8) is 0 Å². The molecule has 0 spiro atoms. The summed E-state index contributed by atoms with van der Waals surface area (Å²) in [7, 11) is 1.73. The van der Waals surface area contributed by atoms with Crippen LogP contribution in [0.2, 0.25) is 0 Å². The number of nitrogens with two attached hydrogens (primary N) is 1. The first-order chi connectivity index (χ1) is 8.60. The number of hydrogen-bond acceptors (Lipinski definition) is 3. The Kier molecular flexibility index (Phi) is 4.25. The number of rotatable bonds is 4. The molecular weight excluding hydrogens is 224 g/mol. The van der Waals surface area contributed by atoms with Crippen molar-refractivity contribution < 1.29 is 4.74 Å². The van der Waals surface area contributed by atoms with Gasteiger partial charge in [-0.3, -0.25) is 0 Å². The maximum Gasteiger partial charge on any atom is 0.123 e.